The number of nitrogens with one attached hydrogen (secondary N) is 1. The summed E-state index contributed by atoms with van der Waals surface area (Å²) in [5, 5.41) is 3.17. The van der Waals surface area contributed by atoms with Crippen LogP contribution in [0.3, 0.4) is 0 Å². The second-order valence-corrected chi connectivity index (χ2v) is 10.4. The number of benzene rings is 2. The molecule has 1 atom stereocenters. The van der Waals surface area contributed by atoms with Gasteiger partial charge in [0.25, 0.3) is 5.91 Å². The monoisotopic (exact) mass is 478 g/mol. The third-order valence-corrected chi connectivity index (χ3v) is 7.46. The minimum absolute atomic E-state index is 0.0424. The number of anilines is 1. The van der Waals surface area contributed by atoms with Gasteiger partial charge in [0.15, 0.2) is 6.61 Å². The molecular formula is C23H27ClN2O5S. The Balaban J connectivity index is 1.62. The van der Waals surface area contributed by atoms with E-state index >= 15 is 0 Å². The molecule has 1 unspecified atom stereocenters. The van der Waals surface area contributed by atoms with Crippen molar-refractivity contribution in [1.82, 2.24) is 4.31 Å². The minimum atomic E-state index is -3.59. The van der Waals surface area contributed by atoms with Crippen molar-refractivity contribution in [3.63, 3.8) is 0 Å². The highest BCUT2D eigenvalue weighted by Gasteiger charge is 2.28. The van der Waals surface area contributed by atoms with Crippen LogP contribution in [0.1, 0.15) is 38.2 Å². The van der Waals surface area contributed by atoms with E-state index in [0.717, 1.165) is 18.4 Å². The Kier molecular flexibility index (Phi) is 7.92. The smallest absolute Gasteiger partial charge is 0.314 e. The van der Waals surface area contributed by atoms with E-state index in [1.165, 1.54) is 16.4 Å². The number of nitrogens with zero attached hydrogens (tertiary/aromatic N) is 1. The molecule has 1 aliphatic heterocycles. The maximum Gasteiger partial charge on any atom is 0.314 e. The number of amides is 1. The lowest BCUT2D eigenvalue weighted by molar-refractivity contribution is -0.149. The summed E-state index contributed by atoms with van der Waals surface area (Å²) in [6.45, 7) is 4.32. The van der Waals surface area contributed by atoms with Gasteiger partial charge in [-0.15, -0.1) is 0 Å². The molecule has 0 spiro atoms. The SMILES string of the molecule is CC(C)C(C(=O)OCC(=O)Nc1cccc(S(=O)(=O)N2CCCC2)c1)c1ccc(Cl)cc1. The largest absolute Gasteiger partial charge is 0.455 e. The molecule has 0 aromatic heterocycles. The lowest BCUT2D eigenvalue weighted by Gasteiger charge is -2.20. The molecule has 0 aliphatic carbocycles. The van der Waals surface area contributed by atoms with E-state index in [4.69, 9.17) is 16.3 Å². The quantitative estimate of drug-likeness (QED) is 0.578. The van der Waals surface area contributed by atoms with E-state index in [-0.39, 0.29) is 10.8 Å². The summed E-state index contributed by atoms with van der Waals surface area (Å²) in [7, 11) is -3.59. The minimum Gasteiger partial charge on any atom is -0.455 e. The van der Waals surface area contributed by atoms with Crippen LogP contribution in [-0.4, -0.2) is 44.3 Å². The highest BCUT2D eigenvalue weighted by atomic mass is 35.5. The number of hydrogen-bond donors (Lipinski definition) is 1. The first kappa shape index (κ1) is 24.2. The van der Waals surface area contributed by atoms with Gasteiger partial charge in [0, 0.05) is 23.8 Å². The lowest BCUT2D eigenvalue weighted by Crippen LogP contribution is -2.28. The van der Waals surface area contributed by atoms with E-state index in [1.807, 2.05) is 13.8 Å². The average molecular weight is 479 g/mol. The van der Waals surface area contributed by atoms with Crippen molar-refractivity contribution >= 4 is 39.2 Å². The van der Waals surface area contributed by atoms with E-state index in [0.29, 0.717) is 23.8 Å². The van der Waals surface area contributed by atoms with E-state index in [2.05, 4.69) is 5.32 Å². The average Bonchev–Trinajstić information content (AvgIpc) is 3.30. The molecule has 7 nitrogen and oxygen atoms in total. The number of ether oxygens (including phenoxy) is 1. The Labute approximate surface area is 193 Å². The second-order valence-electron chi connectivity index (χ2n) is 8.07. The Hall–Kier alpha value is -2.42. The third kappa shape index (κ3) is 5.88. The number of sulfonamides is 1. The Bertz CT molecular complexity index is 1060. The number of halogens is 1. The predicted molar refractivity (Wildman–Crippen MR) is 123 cm³/mol. The first-order valence-electron chi connectivity index (χ1n) is 10.5. The zero-order valence-electron chi connectivity index (χ0n) is 18.1. The fourth-order valence-electron chi connectivity index (χ4n) is 3.70. The van der Waals surface area contributed by atoms with Gasteiger partial charge in [-0.1, -0.05) is 43.6 Å². The number of carbonyl (C=O) groups is 2. The number of hydrogen-bond acceptors (Lipinski definition) is 5. The van der Waals surface area contributed by atoms with Gasteiger partial charge >= 0.3 is 5.97 Å². The highest BCUT2D eigenvalue weighted by molar-refractivity contribution is 7.89. The molecule has 1 saturated heterocycles. The van der Waals surface area contributed by atoms with Gasteiger partial charge < -0.3 is 10.1 Å². The third-order valence-electron chi connectivity index (χ3n) is 5.32. The summed E-state index contributed by atoms with van der Waals surface area (Å²) in [6, 6.07) is 13.0. The van der Waals surface area contributed by atoms with E-state index < -0.39 is 34.4 Å². The molecule has 2 aromatic rings. The van der Waals surface area contributed by atoms with Gasteiger partial charge in [0.05, 0.1) is 10.8 Å². The molecule has 9 heteroatoms. The topological polar surface area (TPSA) is 92.8 Å². The Morgan fingerprint density at radius 1 is 1.09 bits per heavy atom. The van der Waals surface area contributed by atoms with Gasteiger partial charge in [-0.3, -0.25) is 9.59 Å². The fourth-order valence-corrected chi connectivity index (χ4v) is 5.39. The van der Waals surface area contributed by atoms with Crippen molar-refractivity contribution in [2.45, 2.75) is 37.5 Å². The molecule has 0 bridgehead atoms. The van der Waals surface area contributed by atoms with Crippen molar-refractivity contribution in [1.29, 1.82) is 0 Å². The van der Waals surface area contributed by atoms with Crippen LogP contribution in [0.4, 0.5) is 5.69 Å². The van der Waals surface area contributed by atoms with Gasteiger partial charge in [0.1, 0.15) is 0 Å². The van der Waals surface area contributed by atoms with Crippen LogP contribution in [0, 0.1) is 5.92 Å². The zero-order chi connectivity index (χ0) is 23.3. The molecule has 0 saturated carbocycles. The molecule has 32 heavy (non-hydrogen) atoms. The molecule has 1 amide bonds. The van der Waals surface area contributed by atoms with Crippen LogP contribution in [0.2, 0.25) is 5.02 Å². The maximum atomic E-state index is 12.7. The van der Waals surface area contributed by atoms with Crippen molar-refractivity contribution in [3.05, 3.63) is 59.1 Å². The summed E-state index contributed by atoms with van der Waals surface area (Å²) < 4.78 is 32.1. The molecule has 1 aliphatic rings. The molecular weight excluding hydrogens is 452 g/mol. The molecule has 172 valence electrons. The number of esters is 1. The summed E-state index contributed by atoms with van der Waals surface area (Å²) in [5.41, 5.74) is 1.08. The molecule has 1 fully saturated rings. The standard InChI is InChI=1S/C23H27ClN2O5S/c1-16(2)22(17-8-10-18(24)11-9-17)23(28)31-15-21(27)25-19-6-5-7-20(14-19)32(29,30)26-12-3-4-13-26/h5-11,14,16,22H,3-4,12-13,15H2,1-2H3,(H,25,27). The summed E-state index contributed by atoms with van der Waals surface area (Å²) in [5.74, 6) is -1.64. The molecule has 2 aromatic carbocycles. The zero-order valence-corrected chi connectivity index (χ0v) is 19.7. The normalized spacial score (nSPS) is 15.5. The summed E-state index contributed by atoms with van der Waals surface area (Å²) in [6.07, 6.45) is 1.68. The van der Waals surface area contributed by atoms with E-state index in [1.54, 1.807) is 36.4 Å². The molecule has 1 N–H and O–H groups in total. The first-order chi connectivity index (χ1) is 15.2. The lowest BCUT2D eigenvalue weighted by atomic mass is 9.88. The van der Waals surface area contributed by atoms with E-state index in [9.17, 15) is 18.0 Å². The fraction of sp³-hybridized carbons (Fsp3) is 0.391. The van der Waals surface area contributed by atoms with Crippen molar-refractivity contribution in [2.24, 2.45) is 5.92 Å². The molecule has 1 heterocycles. The van der Waals surface area contributed by atoms with Crippen LogP contribution in [0.15, 0.2) is 53.4 Å². The van der Waals surface area contributed by atoms with Crippen LogP contribution in [0.25, 0.3) is 0 Å². The maximum absolute atomic E-state index is 12.7. The summed E-state index contributed by atoms with van der Waals surface area (Å²) in [4.78, 5) is 25.1. The van der Waals surface area contributed by atoms with Crippen LogP contribution >= 0.6 is 11.6 Å². The van der Waals surface area contributed by atoms with Crippen molar-refractivity contribution < 1.29 is 22.7 Å². The molecule has 0 radical (unpaired) electrons. The Morgan fingerprint density at radius 2 is 1.75 bits per heavy atom. The van der Waals surface area contributed by atoms with Gasteiger partial charge in [-0.2, -0.15) is 4.31 Å². The van der Waals surface area contributed by atoms with Crippen LogP contribution < -0.4 is 5.32 Å². The summed E-state index contributed by atoms with van der Waals surface area (Å²) >= 11 is 5.92. The van der Waals surface area contributed by atoms with Crippen molar-refractivity contribution in [2.75, 3.05) is 25.0 Å². The number of carbonyl (C=O) groups excluding carboxylic acids is 2. The van der Waals surface area contributed by atoms with Gasteiger partial charge in [-0.05, 0) is 54.7 Å². The second kappa shape index (κ2) is 10.5. The van der Waals surface area contributed by atoms with Crippen LogP contribution in [0.5, 0.6) is 0 Å². The van der Waals surface area contributed by atoms with Crippen LogP contribution in [-0.2, 0) is 24.3 Å². The predicted octanol–water partition coefficient (Wildman–Crippen LogP) is 4.05. The van der Waals surface area contributed by atoms with Crippen molar-refractivity contribution in [3.8, 4) is 0 Å². The number of rotatable bonds is 8. The molecule has 3 rings (SSSR count). The van der Waals surface area contributed by atoms with Gasteiger partial charge in [-0.25, -0.2) is 8.42 Å². The van der Waals surface area contributed by atoms with Gasteiger partial charge in [0.2, 0.25) is 10.0 Å². The highest BCUT2D eigenvalue weighted by Crippen LogP contribution is 2.27. The Morgan fingerprint density at radius 3 is 2.38 bits per heavy atom. The first-order valence-corrected chi connectivity index (χ1v) is 12.3.